The maximum absolute atomic E-state index is 12.4. The van der Waals surface area contributed by atoms with Crippen molar-refractivity contribution in [2.24, 2.45) is 0 Å². The van der Waals surface area contributed by atoms with Crippen LogP contribution in [0.1, 0.15) is 16.8 Å². The van der Waals surface area contributed by atoms with Crippen LogP contribution in [-0.4, -0.2) is 55.8 Å². The van der Waals surface area contributed by atoms with Gasteiger partial charge in [-0.05, 0) is 18.6 Å². The first-order chi connectivity index (χ1) is 10.2. The van der Waals surface area contributed by atoms with Crippen molar-refractivity contribution < 1.29 is 18.1 Å². The Hall–Kier alpha value is -2.16. The number of hydrogen-bond acceptors (Lipinski definition) is 6. The molecule has 22 heavy (non-hydrogen) atoms. The highest BCUT2D eigenvalue weighted by Crippen LogP contribution is 2.26. The van der Waals surface area contributed by atoms with Crippen molar-refractivity contribution in [3.05, 3.63) is 33.9 Å². The fraction of sp³-hybridized carbons (Fsp3) is 0.462. The second-order valence-electron chi connectivity index (χ2n) is 5.21. The van der Waals surface area contributed by atoms with Gasteiger partial charge in [0.15, 0.2) is 9.84 Å². The molecule has 0 unspecified atom stereocenters. The highest BCUT2D eigenvalue weighted by atomic mass is 32.2. The fourth-order valence-electron chi connectivity index (χ4n) is 2.48. The summed E-state index contributed by atoms with van der Waals surface area (Å²) in [6.07, 6.45) is 0.390. The Balaban J connectivity index is 2.26. The summed E-state index contributed by atoms with van der Waals surface area (Å²) >= 11 is 0. The summed E-state index contributed by atoms with van der Waals surface area (Å²) in [4.78, 5) is 24.2. The lowest BCUT2D eigenvalue weighted by molar-refractivity contribution is -0.384. The molecule has 0 aromatic heterocycles. The van der Waals surface area contributed by atoms with Crippen LogP contribution in [0.4, 0.5) is 11.4 Å². The molecule has 8 nitrogen and oxygen atoms in total. The first-order valence-corrected chi connectivity index (χ1v) is 8.51. The van der Waals surface area contributed by atoms with E-state index in [4.69, 9.17) is 0 Å². The predicted octanol–water partition coefficient (Wildman–Crippen LogP) is 0.896. The molecule has 1 atom stereocenters. The number of nitrogens with zero attached hydrogens (tertiary/aromatic N) is 2. The number of nitro groups is 1. The summed E-state index contributed by atoms with van der Waals surface area (Å²) in [5, 5.41) is 13.7. The van der Waals surface area contributed by atoms with Gasteiger partial charge in [-0.25, -0.2) is 8.42 Å². The van der Waals surface area contributed by atoms with Crippen molar-refractivity contribution in [3.63, 3.8) is 0 Å². The molecule has 1 aromatic carbocycles. The number of rotatable bonds is 4. The maximum Gasteiger partial charge on any atom is 0.293 e. The van der Waals surface area contributed by atoms with Gasteiger partial charge in [0.1, 0.15) is 5.69 Å². The smallest absolute Gasteiger partial charge is 0.293 e. The molecule has 0 saturated carbocycles. The Morgan fingerprint density at radius 2 is 2.14 bits per heavy atom. The molecule has 0 bridgehead atoms. The van der Waals surface area contributed by atoms with Crippen molar-refractivity contribution in [2.75, 3.05) is 30.9 Å². The zero-order valence-corrected chi connectivity index (χ0v) is 13.1. The van der Waals surface area contributed by atoms with Crippen molar-refractivity contribution in [2.45, 2.75) is 12.5 Å². The van der Waals surface area contributed by atoms with Crippen molar-refractivity contribution in [1.29, 1.82) is 0 Å². The SMILES string of the molecule is CNc1ccc(C(=O)N(C)[C@H]2CCS(=O)(=O)C2)cc1[N+](=O)[O-]. The van der Waals surface area contributed by atoms with E-state index in [-0.39, 0.29) is 28.8 Å². The third kappa shape index (κ3) is 3.19. The maximum atomic E-state index is 12.4. The van der Waals surface area contributed by atoms with E-state index in [0.29, 0.717) is 12.1 Å². The number of anilines is 1. The Labute approximate surface area is 128 Å². The monoisotopic (exact) mass is 327 g/mol. The van der Waals surface area contributed by atoms with Gasteiger partial charge in [0.05, 0.1) is 16.4 Å². The predicted molar refractivity (Wildman–Crippen MR) is 81.8 cm³/mol. The number of nitrogens with one attached hydrogen (secondary N) is 1. The molecular weight excluding hydrogens is 310 g/mol. The van der Waals surface area contributed by atoms with Crippen LogP contribution < -0.4 is 5.32 Å². The van der Waals surface area contributed by atoms with Gasteiger partial charge in [-0.2, -0.15) is 0 Å². The minimum atomic E-state index is -3.10. The lowest BCUT2D eigenvalue weighted by Crippen LogP contribution is -2.37. The van der Waals surface area contributed by atoms with Crippen LogP contribution in [0, 0.1) is 10.1 Å². The lowest BCUT2D eigenvalue weighted by Gasteiger charge is -2.23. The van der Waals surface area contributed by atoms with Crippen LogP contribution in [0.25, 0.3) is 0 Å². The van der Waals surface area contributed by atoms with Crippen LogP contribution in [-0.2, 0) is 9.84 Å². The van der Waals surface area contributed by atoms with Gasteiger partial charge in [-0.3, -0.25) is 14.9 Å². The Morgan fingerprint density at radius 3 is 2.64 bits per heavy atom. The molecule has 0 aliphatic carbocycles. The number of benzene rings is 1. The second-order valence-corrected chi connectivity index (χ2v) is 7.44. The number of carbonyl (C=O) groups is 1. The van der Waals surface area contributed by atoms with E-state index in [0.717, 1.165) is 0 Å². The summed E-state index contributed by atoms with van der Waals surface area (Å²) in [7, 11) is -0.0262. The summed E-state index contributed by atoms with van der Waals surface area (Å²) in [5.74, 6) is -0.423. The van der Waals surface area contributed by atoms with E-state index in [9.17, 15) is 23.3 Å². The number of sulfone groups is 1. The number of nitro benzene ring substituents is 1. The Bertz CT molecular complexity index is 716. The summed E-state index contributed by atoms with van der Waals surface area (Å²) in [6.45, 7) is 0. The molecule has 1 heterocycles. The normalized spacial score (nSPS) is 19.6. The molecular formula is C13H17N3O5S. The molecule has 1 fully saturated rings. The molecule has 1 aliphatic heterocycles. The minimum absolute atomic E-state index is 0.0636. The highest BCUT2D eigenvalue weighted by Gasteiger charge is 2.33. The Morgan fingerprint density at radius 1 is 1.45 bits per heavy atom. The largest absolute Gasteiger partial charge is 0.383 e. The van der Waals surface area contributed by atoms with Gasteiger partial charge in [0.2, 0.25) is 0 Å². The second kappa shape index (κ2) is 5.91. The number of carbonyl (C=O) groups excluding carboxylic acids is 1. The lowest BCUT2D eigenvalue weighted by atomic mass is 10.1. The molecule has 0 spiro atoms. The average Bonchev–Trinajstić information content (AvgIpc) is 2.85. The Kier molecular flexibility index (Phi) is 4.36. The van der Waals surface area contributed by atoms with Gasteiger partial charge in [0, 0.05) is 31.8 Å². The third-order valence-corrected chi connectivity index (χ3v) is 5.54. The number of amides is 1. The van der Waals surface area contributed by atoms with Gasteiger partial charge in [0.25, 0.3) is 11.6 Å². The van der Waals surface area contributed by atoms with Gasteiger partial charge >= 0.3 is 0 Å². The first kappa shape index (κ1) is 16.2. The zero-order chi connectivity index (χ0) is 16.5. The molecule has 1 amide bonds. The van der Waals surface area contributed by atoms with E-state index in [1.807, 2.05) is 0 Å². The quantitative estimate of drug-likeness (QED) is 0.650. The van der Waals surface area contributed by atoms with Crippen LogP contribution in [0.15, 0.2) is 18.2 Å². The van der Waals surface area contributed by atoms with Gasteiger partial charge < -0.3 is 10.2 Å². The van der Waals surface area contributed by atoms with Gasteiger partial charge in [-0.1, -0.05) is 0 Å². The van der Waals surface area contributed by atoms with E-state index in [1.165, 1.54) is 30.1 Å². The van der Waals surface area contributed by atoms with E-state index >= 15 is 0 Å². The van der Waals surface area contributed by atoms with E-state index < -0.39 is 20.7 Å². The minimum Gasteiger partial charge on any atom is -0.383 e. The van der Waals surface area contributed by atoms with Crippen molar-refractivity contribution in [3.8, 4) is 0 Å². The van der Waals surface area contributed by atoms with E-state index in [1.54, 1.807) is 7.05 Å². The molecule has 0 radical (unpaired) electrons. The summed E-state index contributed by atoms with van der Waals surface area (Å²) in [5.41, 5.74) is 0.283. The van der Waals surface area contributed by atoms with Crippen molar-refractivity contribution in [1.82, 2.24) is 4.90 Å². The van der Waals surface area contributed by atoms with Crippen molar-refractivity contribution >= 4 is 27.1 Å². The molecule has 2 rings (SSSR count). The molecule has 120 valence electrons. The third-order valence-electron chi connectivity index (χ3n) is 3.79. The zero-order valence-electron chi connectivity index (χ0n) is 12.3. The molecule has 1 aliphatic rings. The first-order valence-electron chi connectivity index (χ1n) is 6.69. The van der Waals surface area contributed by atoms with Crippen LogP contribution >= 0.6 is 0 Å². The topological polar surface area (TPSA) is 110 Å². The highest BCUT2D eigenvalue weighted by molar-refractivity contribution is 7.91. The molecule has 9 heteroatoms. The molecule has 1 N–H and O–H groups in total. The molecule has 1 saturated heterocycles. The number of hydrogen-bond donors (Lipinski definition) is 1. The fourth-order valence-corrected chi connectivity index (χ4v) is 4.25. The summed E-state index contributed by atoms with van der Waals surface area (Å²) < 4.78 is 23.0. The molecule has 1 aromatic rings. The van der Waals surface area contributed by atoms with Crippen LogP contribution in [0.2, 0.25) is 0 Å². The average molecular weight is 327 g/mol. The van der Waals surface area contributed by atoms with Crippen LogP contribution in [0.5, 0.6) is 0 Å². The summed E-state index contributed by atoms with van der Waals surface area (Å²) in [6, 6.07) is 3.76. The standard InChI is InChI=1S/C13H17N3O5S/c1-14-11-4-3-9(7-12(11)16(18)19)13(17)15(2)10-5-6-22(20,21)8-10/h3-4,7,10,14H,5-6,8H2,1-2H3/t10-/m0/s1. The van der Waals surface area contributed by atoms with Gasteiger partial charge in [-0.15, -0.1) is 0 Å². The van der Waals surface area contributed by atoms with Crippen LogP contribution in [0.3, 0.4) is 0 Å². The van der Waals surface area contributed by atoms with E-state index in [2.05, 4.69) is 5.32 Å².